The minimum Gasteiger partial charge on any atom is -0.481 e. The molecule has 0 saturated carbocycles. The van der Waals surface area contributed by atoms with Crippen molar-refractivity contribution < 1.29 is 19.5 Å². The van der Waals surface area contributed by atoms with E-state index >= 15 is 0 Å². The van der Waals surface area contributed by atoms with Crippen molar-refractivity contribution in [2.45, 2.75) is 129 Å². The predicted octanol–water partition coefficient (Wildman–Crippen LogP) is 6.08. The lowest BCUT2D eigenvalue weighted by molar-refractivity contribution is -0.138. The van der Waals surface area contributed by atoms with E-state index in [0.29, 0.717) is 32.5 Å². The molecule has 0 unspecified atom stereocenters. The number of hydrogen-bond donors (Lipinski definition) is 2. The fourth-order valence-electron chi connectivity index (χ4n) is 3.92. The second-order valence-corrected chi connectivity index (χ2v) is 9.05. The highest BCUT2D eigenvalue weighted by atomic mass is 16.4. The van der Waals surface area contributed by atoms with Crippen LogP contribution in [0.25, 0.3) is 0 Å². The van der Waals surface area contributed by atoms with E-state index in [1.54, 1.807) is 4.90 Å². The summed E-state index contributed by atoms with van der Waals surface area (Å²) in [4.78, 5) is 35.7. The van der Waals surface area contributed by atoms with Gasteiger partial charge in [0.05, 0.1) is 0 Å². The quantitative estimate of drug-likeness (QED) is 0.183. The predicted molar refractivity (Wildman–Crippen MR) is 132 cm³/mol. The summed E-state index contributed by atoms with van der Waals surface area (Å²) < 4.78 is 0. The number of carboxylic acid groups (broad SMARTS) is 1. The normalized spacial score (nSPS) is 10.8. The average molecular weight is 455 g/mol. The maximum absolute atomic E-state index is 11.9. The van der Waals surface area contributed by atoms with Gasteiger partial charge in [-0.15, -0.1) is 0 Å². The van der Waals surface area contributed by atoms with Crippen LogP contribution in [0.5, 0.6) is 0 Å². The van der Waals surface area contributed by atoms with Gasteiger partial charge in [-0.3, -0.25) is 14.4 Å². The van der Waals surface area contributed by atoms with Gasteiger partial charge in [-0.2, -0.15) is 0 Å². The van der Waals surface area contributed by atoms with Crippen molar-refractivity contribution in [2.24, 2.45) is 0 Å². The second kappa shape index (κ2) is 22.6. The zero-order valence-electron chi connectivity index (χ0n) is 21.0. The first-order valence-corrected chi connectivity index (χ1v) is 13.2. The number of amides is 2. The van der Waals surface area contributed by atoms with Crippen LogP contribution in [0.3, 0.4) is 0 Å². The Balaban J connectivity index is 3.45. The molecule has 6 heteroatoms. The van der Waals surface area contributed by atoms with Crippen LogP contribution in [0, 0.1) is 0 Å². The van der Waals surface area contributed by atoms with Gasteiger partial charge >= 0.3 is 5.97 Å². The zero-order valence-corrected chi connectivity index (χ0v) is 21.0. The van der Waals surface area contributed by atoms with E-state index in [1.807, 2.05) is 0 Å². The van der Waals surface area contributed by atoms with E-state index in [1.165, 1.54) is 90.4 Å². The number of carboxylic acids is 1. The molecule has 0 rings (SSSR count). The van der Waals surface area contributed by atoms with Crippen LogP contribution in [0.2, 0.25) is 0 Å². The molecule has 0 aliphatic carbocycles. The molecule has 0 heterocycles. The molecular formula is C26H50N2O4. The minimum absolute atomic E-state index is 0.0359. The lowest BCUT2D eigenvalue weighted by Crippen LogP contribution is -2.38. The van der Waals surface area contributed by atoms with E-state index in [-0.39, 0.29) is 18.2 Å². The molecule has 0 radical (unpaired) electrons. The summed E-state index contributed by atoms with van der Waals surface area (Å²) in [6.07, 6.45) is 20.7. The van der Waals surface area contributed by atoms with Crippen LogP contribution < -0.4 is 5.32 Å². The molecule has 0 aliphatic heterocycles. The summed E-state index contributed by atoms with van der Waals surface area (Å²) in [7, 11) is 0. The smallest absolute Gasteiger partial charge is 0.303 e. The standard InChI is InChI=1S/C26H50N2O4/c1-3-4-5-6-7-8-9-10-11-12-13-14-15-16-17-19-25(30)27-21-23-28(24(2)29)22-18-20-26(31)32/h3-23H2,1-2H3,(H,27,30)(H,31,32). The maximum Gasteiger partial charge on any atom is 0.303 e. The van der Waals surface area contributed by atoms with Gasteiger partial charge < -0.3 is 15.3 Å². The lowest BCUT2D eigenvalue weighted by Gasteiger charge is -2.20. The molecule has 0 aromatic rings. The fourth-order valence-corrected chi connectivity index (χ4v) is 3.92. The van der Waals surface area contributed by atoms with Gasteiger partial charge in [-0.25, -0.2) is 0 Å². The molecular weight excluding hydrogens is 404 g/mol. The van der Waals surface area contributed by atoms with Gasteiger partial charge in [0.15, 0.2) is 0 Å². The van der Waals surface area contributed by atoms with E-state index < -0.39 is 5.97 Å². The third-order valence-corrected chi connectivity index (χ3v) is 5.98. The number of nitrogens with zero attached hydrogens (tertiary/aromatic N) is 1. The van der Waals surface area contributed by atoms with Crippen molar-refractivity contribution in [3.8, 4) is 0 Å². The van der Waals surface area contributed by atoms with Gasteiger partial charge in [0.1, 0.15) is 0 Å². The third-order valence-electron chi connectivity index (χ3n) is 5.98. The molecule has 0 atom stereocenters. The van der Waals surface area contributed by atoms with E-state index in [9.17, 15) is 14.4 Å². The molecule has 6 nitrogen and oxygen atoms in total. The van der Waals surface area contributed by atoms with Gasteiger partial charge in [-0.05, 0) is 12.8 Å². The van der Waals surface area contributed by atoms with Crippen LogP contribution >= 0.6 is 0 Å². The first-order valence-electron chi connectivity index (χ1n) is 13.2. The largest absolute Gasteiger partial charge is 0.481 e. The lowest BCUT2D eigenvalue weighted by atomic mass is 10.0. The Morgan fingerprint density at radius 2 is 1.12 bits per heavy atom. The van der Waals surface area contributed by atoms with Crippen molar-refractivity contribution in [1.82, 2.24) is 10.2 Å². The highest BCUT2D eigenvalue weighted by Crippen LogP contribution is 2.13. The first-order chi connectivity index (χ1) is 15.5. The SMILES string of the molecule is CCCCCCCCCCCCCCCCCC(=O)NCCN(CCCC(=O)O)C(C)=O. The summed E-state index contributed by atoms with van der Waals surface area (Å²) >= 11 is 0. The summed E-state index contributed by atoms with van der Waals surface area (Å²) in [6, 6.07) is 0. The Labute approximate surface area is 196 Å². The van der Waals surface area contributed by atoms with Crippen LogP contribution in [-0.2, 0) is 14.4 Å². The Hall–Kier alpha value is -1.59. The third kappa shape index (κ3) is 21.6. The number of aliphatic carboxylic acids is 1. The molecule has 0 spiro atoms. The molecule has 188 valence electrons. The minimum atomic E-state index is -0.856. The molecule has 0 aromatic carbocycles. The number of nitrogens with one attached hydrogen (secondary N) is 1. The fraction of sp³-hybridized carbons (Fsp3) is 0.885. The van der Waals surface area contributed by atoms with Crippen molar-refractivity contribution in [1.29, 1.82) is 0 Å². The molecule has 2 amide bonds. The number of rotatable bonds is 23. The van der Waals surface area contributed by atoms with Crippen molar-refractivity contribution >= 4 is 17.8 Å². The summed E-state index contributed by atoms with van der Waals surface area (Å²) in [5.41, 5.74) is 0. The molecule has 0 fully saturated rings. The van der Waals surface area contributed by atoms with Gasteiger partial charge in [0.25, 0.3) is 0 Å². The van der Waals surface area contributed by atoms with Crippen LogP contribution in [0.1, 0.15) is 129 Å². The highest BCUT2D eigenvalue weighted by molar-refractivity contribution is 5.76. The topological polar surface area (TPSA) is 86.7 Å². The Morgan fingerprint density at radius 1 is 0.656 bits per heavy atom. The molecule has 0 saturated heterocycles. The van der Waals surface area contributed by atoms with Gasteiger partial charge in [-0.1, -0.05) is 96.8 Å². The van der Waals surface area contributed by atoms with Crippen molar-refractivity contribution in [3.63, 3.8) is 0 Å². The first kappa shape index (κ1) is 30.4. The monoisotopic (exact) mass is 454 g/mol. The van der Waals surface area contributed by atoms with Crippen molar-refractivity contribution in [3.05, 3.63) is 0 Å². The molecule has 0 aliphatic rings. The summed E-state index contributed by atoms with van der Waals surface area (Å²) in [5, 5.41) is 11.6. The van der Waals surface area contributed by atoms with Crippen LogP contribution in [0.15, 0.2) is 0 Å². The van der Waals surface area contributed by atoms with E-state index in [0.717, 1.165) is 12.8 Å². The second-order valence-electron chi connectivity index (χ2n) is 9.05. The summed E-state index contributed by atoms with van der Waals surface area (Å²) in [6.45, 7) is 5.00. The highest BCUT2D eigenvalue weighted by Gasteiger charge is 2.10. The van der Waals surface area contributed by atoms with Crippen LogP contribution in [-0.4, -0.2) is 47.4 Å². The number of carbonyl (C=O) groups is 3. The number of carbonyl (C=O) groups excluding carboxylic acids is 2. The maximum atomic E-state index is 11.9. The van der Waals surface area contributed by atoms with Gasteiger partial charge in [0, 0.05) is 39.4 Å². The zero-order chi connectivity index (χ0) is 23.9. The molecule has 2 N–H and O–H groups in total. The Bertz CT molecular complexity index is 482. The van der Waals surface area contributed by atoms with Crippen LogP contribution in [0.4, 0.5) is 0 Å². The average Bonchev–Trinajstić information content (AvgIpc) is 2.75. The molecule has 32 heavy (non-hydrogen) atoms. The number of hydrogen-bond acceptors (Lipinski definition) is 3. The van der Waals surface area contributed by atoms with Crippen molar-refractivity contribution in [2.75, 3.05) is 19.6 Å². The number of unbranched alkanes of at least 4 members (excludes halogenated alkanes) is 14. The molecule has 0 aromatic heterocycles. The summed E-state index contributed by atoms with van der Waals surface area (Å²) in [5.74, 6) is -0.911. The molecule has 0 bridgehead atoms. The Morgan fingerprint density at radius 3 is 1.56 bits per heavy atom. The van der Waals surface area contributed by atoms with E-state index in [2.05, 4.69) is 12.2 Å². The van der Waals surface area contributed by atoms with Gasteiger partial charge in [0.2, 0.25) is 11.8 Å². The Kier molecular flexibility index (Phi) is 21.5. The van der Waals surface area contributed by atoms with E-state index in [4.69, 9.17) is 5.11 Å².